The number of aliphatic hydroxyl groups excluding tert-OH is 1. The van der Waals surface area contributed by atoms with E-state index >= 15 is 0 Å². The van der Waals surface area contributed by atoms with E-state index in [1.54, 1.807) is 0 Å². The number of hydrogen-bond donors (Lipinski definition) is 2. The number of carbonyl (C=O) groups excluding carboxylic acids is 1. The zero-order valence-electron chi connectivity index (χ0n) is 20.2. The van der Waals surface area contributed by atoms with Gasteiger partial charge in [0.2, 0.25) is 0 Å². The van der Waals surface area contributed by atoms with Crippen LogP contribution in [0.5, 0.6) is 0 Å². The molecule has 0 spiro atoms. The van der Waals surface area contributed by atoms with Crippen LogP contribution in [0.4, 0.5) is 8.78 Å². The third-order valence-electron chi connectivity index (χ3n) is 8.81. The van der Waals surface area contributed by atoms with E-state index in [-0.39, 0.29) is 18.6 Å². The van der Waals surface area contributed by atoms with E-state index in [0.717, 1.165) is 11.8 Å². The molecule has 0 aliphatic heterocycles. The number of ether oxygens (including phenoxy) is 3. The van der Waals surface area contributed by atoms with Crippen molar-refractivity contribution in [1.29, 1.82) is 0 Å². The van der Waals surface area contributed by atoms with Gasteiger partial charge in [-0.2, -0.15) is 17.2 Å². The van der Waals surface area contributed by atoms with Gasteiger partial charge in [0.1, 0.15) is 12.9 Å². The molecule has 0 heterocycles. The Morgan fingerprint density at radius 3 is 2.40 bits per heavy atom. The summed E-state index contributed by atoms with van der Waals surface area (Å²) in [6, 6.07) is 0. The number of aliphatic hydroxyl groups is 1. The molecule has 4 saturated carbocycles. The number of fused-ring (bicyclic) bond motifs is 4. The molecule has 0 amide bonds. The van der Waals surface area contributed by atoms with E-state index < -0.39 is 39.2 Å². The van der Waals surface area contributed by atoms with Gasteiger partial charge < -0.3 is 19.3 Å². The number of halogens is 2. The Hall–Kier alpha value is -0.880. The van der Waals surface area contributed by atoms with Crippen LogP contribution in [0.3, 0.4) is 0 Å². The topological polar surface area (TPSA) is 119 Å². The first kappa shape index (κ1) is 27.2. The standard InChI is InChI=1S/C24H38F2O8S/c1-23(21(27)33-14-32-13-18-8-15-3-2-4-16(7-15)9-18)11-17-5-6-20(19(10-17)12-23)34-22(28)24(25,26)35(29,30)31/h15-21,27H,2-14H2,1H3,(H,29,30,31). The average molecular weight is 525 g/mol. The lowest BCUT2D eigenvalue weighted by Crippen LogP contribution is -2.49. The highest BCUT2D eigenvalue weighted by atomic mass is 32.2. The van der Waals surface area contributed by atoms with Gasteiger partial charge in [-0.1, -0.05) is 26.2 Å². The second kappa shape index (κ2) is 10.5. The molecule has 7 unspecified atom stereocenters. The minimum atomic E-state index is -5.92. The van der Waals surface area contributed by atoms with Crippen molar-refractivity contribution < 1.29 is 45.9 Å². The maximum Gasteiger partial charge on any atom is 0.465 e. The van der Waals surface area contributed by atoms with Crippen LogP contribution < -0.4 is 0 Å². The average Bonchev–Trinajstić information content (AvgIpc) is 2.77. The van der Waals surface area contributed by atoms with E-state index in [9.17, 15) is 27.1 Å². The van der Waals surface area contributed by atoms with Gasteiger partial charge in [-0.05, 0) is 81.0 Å². The minimum absolute atomic E-state index is 0.0308. The number of rotatable bonds is 9. The highest BCUT2D eigenvalue weighted by Crippen LogP contribution is 2.51. The lowest BCUT2D eigenvalue weighted by molar-refractivity contribution is -0.239. The second-order valence-electron chi connectivity index (χ2n) is 11.7. The molecular weight excluding hydrogens is 486 g/mol. The molecule has 0 radical (unpaired) electrons. The zero-order valence-corrected chi connectivity index (χ0v) is 21.1. The van der Waals surface area contributed by atoms with Gasteiger partial charge in [0.25, 0.3) is 0 Å². The summed E-state index contributed by atoms with van der Waals surface area (Å²) in [4.78, 5) is 11.8. The fourth-order valence-corrected chi connectivity index (χ4v) is 7.54. The lowest BCUT2D eigenvalue weighted by Gasteiger charge is -2.49. The van der Waals surface area contributed by atoms with Crippen LogP contribution in [0.25, 0.3) is 0 Å². The smallest absolute Gasteiger partial charge is 0.457 e. The summed E-state index contributed by atoms with van der Waals surface area (Å²) in [6.07, 6.45) is 8.22. The van der Waals surface area contributed by atoms with Gasteiger partial charge >= 0.3 is 21.3 Å². The van der Waals surface area contributed by atoms with Gasteiger partial charge in [-0.15, -0.1) is 0 Å². The second-order valence-corrected chi connectivity index (χ2v) is 13.1. The van der Waals surface area contributed by atoms with E-state index in [1.165, 1.54) is 38.5 Å². The van der Waals surface area contributed by atoms with Crippen LogP contribution >= 0.6 is 0 Å². The molecule has 4 bridgehead atoms. The molecule has 4 aliphatic rings. The van der Waals surface area contributed by atoms with Gasteiger partial charge in [-0.25, -0.2) is 4.79 Å². The summed E-state index contributed by atoms with van der Waals surface area (Å²) in [5.41, 5.74) is -0.685. The summed E-state index contributed by atoms with van der Waals surface area (Å²) >= 11 is 0. The molecule has 0 aromatic heterocycles. The number of hydrogen-bond acceptors (Lipinski definition) is 7. The summed E-state index contributed by atoms with van der Waals surface area (Å²) < 4.78 is 74.0. The quantitative estimate of drug-likeness (QED) is 0.200. The van der Waals surface area contributed by atoms with Crippen molar-refractivity contribution in [2.24, 2.45) is 35.0 Å². The van der Waals surface area contributed by atoms with Crippen molar-refractivity contribution in [2.75, 3.05) is 13.4 Å². The fourth-order valence-electron chi connectivity index (χ4n) is 7.28. The summed E-state index contributed by atoms with van der Waals surface area (Å²) in [5.74, 6) is -0.245. The van der Waals surface area contributed by atoms with E-state index in [1.807, 2.05) is 6.92 Å². The predicted molar refractivity (Wildman–Crippen MR) is 121 cm³/mol. The number of esters is 1. The van der Waals surface area contributed by atoms with Gasteiger partial charge in [-0.3, -0.25) is 4.55 Å². The Labute approximate surface area is 205 Å². The predicted octanol–water partition coefficient (Wildman–Crippen LogP) is 4.12. The number of alkyl halides is 2. The molecule has 8 nitrogen and oxygen atoms in total. The van der Waals surface area contributed by atoms with Crippen LogP contribution in [0.2, 0.25) is 0 Å². The SMILES string of the molecule is CC1(C(O)OCOCC2CC3CCCC(C3)C2)CC2CCC(OC(=O)C(F)(F)S(=O)(=O)O)C(C2)C1. The Morgan fingerprint density at radius 2 is 1.74 bits per heavy atom. The molecule has 4 fully saturated rings. The third kappa shape index (κ3) is 6.17. The van der Waals surface area contributed by atoms with Gasteiger partial charge in [0.05, 0.1) is 6.61 Å². The number of carbonyl (C=O) groups is 1. The first-order valence-corrected chi connectivity index (χ1v) is 14.2. The lowest BCUT2D eigenvalue weighted by atomic mass is 9.60. The molecule has 35 heavy (non-hydrogen) atoms. The van der Waals surface area contributed by atoms with Crippen molar-refractivity contribution in [3.05, 3.63) is 0 Å². The molecule has 0 aromatic rings. The molecule has 11 heteroatoms. The first-order chi connectivity index (χ1) is 16.4. The zero-order chi connectivity index (χ0) is 25.4. The van der Waals surface area contributed by atoms with Crippen LogP contribution in [0.1, 0.15) is 77.6 Å². The fraction of sp³-hybridized carbons (Fsp3) is 0.958. The minimum Gasteiger partial charge on any atom is -0.457 e. The molecule has 2 N–H and O–H groups in total. The van der Waals surface area contributed by atoms with Gasteiger partial charge in [0.15, 0.2) is 6.29 Å². The molecule has 4 aliphatic carbocycles. The van der Waals surface area contributed by atoms with E-state index in [0.29, 0.717) is 44.6 Å². The Bertz CT molecular complexity index is 856. The summed E-state index contributed by atoms with van der Waals surface area (Å²) in [6.45, 7) is 2.44. The molecule has 7 atom stereocenters. The Balaban J connectivity index is 1.26. The van der Waals surface area contributed by atoms with Crippen LogP contribution in [0, 0.1) is 35.0 Å². The largest absolute Gasteiger partial charge is 0.465 e. The van der Waals surface area contributed by atoms with Crippen molar-refractivity contribution >= 4 is 16.1 Å². The monoisotopic (exact) mass is 524 g/mol. The van der Waals surface area contributed by atoms with Gasteiger partial charge in [0, 0.05) is 5.41 Å². The molecule has 0 aromatic carbocycles. The third-order valence-corrected chi connectivity index (χ3v) is 9.62. The maximum atomic E-state index is 13.7. The van der Waals surface area contributed by atoms with Crippen molar-refractivity contribution in [3.63, 3.8) is 0 Å². The molecule has 202 valence electrons. The van der Waals surface area contributed by atoms with E-state index in [2.05, 4.69) is 0 Å². The van der Waals surface area contributed by atoms with Crippen LogP contribution in [-0.4, -0.2) is 55.1 Å². The van der Waals surface area contributed by atoms with Crippen molar-refractivity contribution in [1.82, 2.24) is 0 Å². The molecular formula is C24H38F2O8S. The van der Waals surface area contributed by atoms with Crippen molar-refractivity contribution in [3.8, 4) is 0 Å². The van der Waals surface area contributed by atoms with E-state index in [4.69, 9.17) is 18.8 Å². The Morgan fingerprint density at radius 1 is 1.06 bits per heavy atom. The first-order valence-electron chi connectivity index (χ1n) is 12.8. The van der Waals surface area contributed by atoms with Crippen LogP contribution in [0.15, 0.2) is 0 Å². The van der Waals surface area contributed by atoms with Crippen molar-refractivity contribution in [2.45, 2.75) is 95.2 Å². The maximum absolute atomic E-state index is 13.7. The molecule has 4 rings (SSSR count). The van der Waals surface area contributed by atoms with Crippen LogP contribution in [-0.2, 0) is 29.1 Å². The summed E-state index contributed by atoms with van der Waals surface area (Å²) in [7, 11) is -5.92. The highest BCUT2D eigenvalue weighted by Gasteiger charge is 2.56. The summed E-state index contributed by atoms with van der Waals surface area (Å²) in [5, 5.41) is 5.80. The highest BCUT2D eigenvalue weighted by molar-refractivity contribution is 7.87. The Kier molecular flexibility index (Phi) is 8.13. The normalized spacial score (nSPS) is 38.5. The molecule has 0 saturated heterocycles.